The summed E-state index contributed by atoms with van der Waals surface area (Å²) in [4.78, 5) is 55.5. The van der Waals surface area contributed by atoms with Crippen LogP contribution in [0.25, 0.3) is 0 Å². The summed E-state index contributed by atoms with van der Waals surface area (Å²) in [6, 6.07) is 8.51. The Morgan fingerprint density at radius 2 is 1.77 bits per heavy atom. The lowest BCUT2D eigenvalue weighted by molar-refractivity contribution is -0.141. The molecule has 6 rings (SSSR count). The molecule has 2 saturated carbocycles. The van der Waals surface area contributed by atoms with Gasteiger partial charge in [0.25, 0.3) is 0 Å². The largest absolute Gasteiger partial charge is 0.481 e. The van der Waals surface area contributed by atoms with Gasteiger partial charge in [-0.15, -0.1) is 11.8 Å². The maximum atomic E-state index is 13.5. The van der Waals surface area contributed by atoms with E-state index in [0.717, 1.165) is 16.3 Å². The molecule has 2 bridgehead atoms. The van der Waals surface area contributed by atoms with Gasteiger partial charge in [0.15, 0.2) is 0 Å². The van der Waals surface area contributed by atoms with Crippen LogP contribution in [0.1, 0.15) is 54.0 Å². The number of carboxylic acid groups (broad SMARTS) is 1. The van der Waals surface area contributed by atoms with E-state index in [1.165, 1.54) is 27.4 Å². The van der Waals surface area contributed by atoms with E-state index in [9.17, 15) is 19.2 Å². The summed E-state index contributed by atoms with van der Waals surface area (Å²) in [7, 11) is 0. The van der Waals surface area contributed by atoms with Gasteiger partial charge in [-0.25, -0.2) is 0 Å². The molecule has 1 aromatic heterocycles. The van der Waals surface area contributed by atoms with E-state index >= 15 is 0 Å². The number of H-pyrrole nitrogens is 1. The Labute approximate surface area is 211 Å². The molecule has 1 aromatic carbocycles. The number of carbonyl (C=O) groups excluding carboxylic acids is 2. The Hall–Kier alpha value is -2.39. The van der Waals surface area contributed by atoms with Gasteiger partial charge in [-0.3, -0.25) is 24.1 Å². The molecule has 7 nitrogen and oxygen atoms in total. The van der Waals surface area contributed by atoms with Crippen molar-refractivity contribution in [3.8, 4) is 0 Å². The highest BCUT2D eigenvalue weighted by atomic mass is 32.2. The van der Waals surface area contributed by atoms with Crippen molar-refractivity contribution in [1.82, 2.24) is 9.88 Å². The van der Waals surface area contributed by atoms with Crippen LogP contribution in [0, 0.1) is 36.5 Å². The number of benzene rings is 1. The average molecular weight is 513 g/mol. The zero-order chi connectivity index (χ0) is 24.4. The van der Waals surface area contributed by atoms with Gasteiger partial charge >= 0.3 is 10.8 Å². The van der Waals surface area contributed by atoms with Gasteiger partial charge in [0.05, 0.1) is 16.9 Å². The lowest BCUT2D eigenvalue weighted by Gasteiger charge is -2.43. The monoisotopic (exact) mass is 512 g/mol. The van der Waals surface area contributed by atoms with Crippen molar-refractivity contribution in [2.24, 2.45) is 29.6 Å². The topological polar surface area (TPSA) is 108 Å². The second-order valence-corrected chi connectivity index (χ2v) is 12.6. The van der Waals surface area contributed by atoms with Crippen LogP contribution in [0.4, 0.5) is 0 Å². The van der Waals surface area contributed by atoms with Crippen molar-refractivity contribution in [3.63, 3.8) is 0 Å². The van der Waals surface area contributed by atoms with Crippen LogP contribution >= 0.6 is 23.1 Å². The average Bonchev–Trinajstić information content (AvgIpc) is 3.54. The SMILES string of the molecule is Cc1ccc([C@@H]2c3sc(=O)[nH]c3S[C@@H]3[C@@H]4C[C@H]([C@H]5C(=O)N(CCCCCC(=O)O)C(=O)[C@H]45)[C@H]23)cc1. The lowest BCUT2D eigenvalue weighted by Crippen LogP contribution is -2.42. The number of aromatic nitrogens is 1. The lowest BCUT2D eigenvalue weighted by atomic mass is 9.68. The van der Waals surface area contributed by atoms with Crippen LogP contribution in [-0.4, -0.2) is 44.6 Å². The predicted octanol–water partition coefficient (Wildman–Crippen LogP) is 3.86. The van der Waals surface area contributed by atoms with Crippen molar-refractivity contribution < 1.29 is 19.5 Å². The number of fused-ring (bicyclic) bond motifs is 9. The predicted molar refractivity (Wildman–Crippen MR) is 132 cm³/mol. The molecular weight excluding hydrogens is 484 g/mol. The molecule has 7 atom stereocenters. The molecule has 3 heterocycles. The molecule has 0 spiro atoms. The van der Waals surface area contributed by atoms with Crippen molar-refractivity contribution in [1.29, 1.82) is 0 Å². The number of aliphatic carboxylic acids is 1. The van der Waals surface area contributed by atoms with Crippen LogP contribution in [0.15, 0.2) is 34.1 Å². The molecule has 2 amide bonds. The molecule has 9 heteroatoms. The number of nitrogens with one attached hydrogen (secondary N) is 1. The minimum absolute atomic E-state index is 0.0371. The molecule has 0 radical (unpaired) electrons. The van der Waals surface area contributed by atoms with E-state index in [1.54, 1.807) is 11.8 Å². The number of rotatable bonds is 7. The number of likely N-dealkylation sites (tertiary alicyclic amines) is 1. The second-order valence-electron chi connectivity index (χ2n) is 10.4. The van der Waals surface area contributed by atoms with Crippen molar-refractivity contribution in [2.45, 2.75) is 55.2 Å². The first-order valence-corrected chi connectivity index (χ1v) is 14.1. The number of nitrogens with zero attached hydrogens (tertiary/aromatic N) is 1. The van der Waals surface area contributed by atoms with Gasteiger partial charge in [0.1, 0.15) is 0 Å². The molecule has 2 aliphatic heterocycles. The highest BCUT2D eigenvalue weighted by Gasteiger charge is 2.69. The fraction of sp³-hybridized carbons (Fsp3) is 0.538. The van der Waals surface area contributed by atoms with Crippen LogP contribution in [-0.2, 0) is 14.4 Å². The third kappa shape index (κ3) is 3.61. The number of carbonyl (C=O) groups is 3. The first-order valence-electron chi connectivity index (χ1n) is 12.4. The molecule has 35 heavy (non-hydrogen) atoms. The Balaban J connectivity index is 1.28. The van der Waals surface area contributed by atoms with Gasteiger partial charge in [-0.1, -0.05) is 47.6 Å². The van der Waals surface area contributed by atoms with Crippen LogP contribution in [0.5, 0.6) is 0 Å². The Morgan fingerprint density at radius 1 is 1.06 bits per heavy atom. The van der Waals surface area contributed by atoms with Gasteiger partial charge in [-0.05, 0) is 49.5 Å². The van der Waals surface area contributed by atoms with E-state index in [2.05, 4.69) is 36.2 Å². The normalized spacial score (nSPS) is 32.6. The highest BCUT2D eigenvalue weighted by Crippen LogP contribution is 2.68. The third-order valence-corrected chi connectivity index (χ3v) is 11.1. The Morgan fingerprint density at radius 3 is 2.49 bits per heavy atom. The summed E-state index contributed by atoms with van der Waals surface area (Å²) < 4.78 is 0. The molecule has 0 unspecified atom stereocenters. The zero-order valence-electron chi connectivity index (χ0n) is 19.4. The smallest absolute Gasteiger partial charge is 0.305 e. The maximum Gasteiger partial charge on any atom is 0.305 e. The van der Waals surface area contributed by atoms with Crippen molar-refractivity contribution in [3.05, 3.63) is 49.9 Å². The number of aromatic amines is 1. The first kappa shape index (κ1) is 23.0. The van der Waals surface area contributed by atoms with E-state index in [1.807, 2.05) is 0 Å². The van der Waals surface area contributed by atoms with Crippen molar-refractivity contribution >= 4 is 40.9 Å². The quantitative estimate of drug-likeness (QED) is 0.431. The summed E-state index contributed by atoms with van der Waals surface area (Å²) in [5, 5.41) is 9.97. The number of amides is 2. The van der Waals surface area contributed by atoms with E-state index in [-0.39, 0.29) is 63.9 Å². The zero-order valence-corrected chi connectivity index (χ0v) is 21.1. The number of thioether (sulfide) groups is 1. The number of carboxylic acids is 1. The Kier molecular flexibility index (Phi) is 5.67. The number of thiazole rings is 1. The van der Waals surface area contributed by atoms with Gasteiger partial charge in [-0.2, -0.15) is 0 Å². The van der Waals surface area contributed by atoms with Crippen LogP contribution < -0.4 is 4.87 Å². The van der Waals surface area contributed by atoms with Gasteiger partial charge in [0.2, 0.25) is 11.8 Å². The Bertz CT molecular complexity index is 1250. The molecule has 184 valence electrons. The summed E-state index contributed by atoms with van der Waals surface area (Å²) in [5.41, 5.74) is 2.36. The second kappa shape index (κ2) is 8.62. The van der Waals surface area contributed by atoms with Gasteiger partial charge < -0.3 is 10.1 Å². The number of hydrogen-bond acceptors (Lipinski definition) is 6. The number of aryl methyl sites for hydroxylation is 1. The highest BCUT2D eigenvalue weighted by molar-refractivity contribution is 8.00. The maximum absolute atomic E-state index is 13.5. The first-order chi connectivity index (χ1) is 16.8. The van der Waals surface area contributed by atoms with E-state index < -0.39 is 5.97 Å². The number of unbranched alkanes of at least 4 members (excludes halogenated alkanes) is 2. The minimum atomic E-state index is -0.817. The summed E-state index contributed by atoms with van der Waals surface area (Å²) in [5.74, 6) is -0.867. The minimum Gasteiger partial charge on any atom is -0.481 e. The molecular formula is C26H28N2O5S2. The summed E-state index contributed by atoms with van der Waals surface area (Å²) in [6.45, 7) is 2.44. The fourth-order valence-corrected chi connectivity index (χ4v) is 10.1. The third-order valence-electron chi connectivity index (χ3n) is 8.52. The van der Waals surface area contributed by atoms with Crippen LogP contribution in [0.2, 0.25) is 0 Å². The standard InChI is InChI=1S/C26H28N2O5S2/c1-12-6-8-13(9-7-12)17-18-14-11-15(21(18)34-23-22(17)35-26(33)27-23)20-19(14)24(31)28(25(20)32)10-4-2-3-5-16(29)30/h6-9,14-15,17-21H,2-5,10-11H2,1H3,(H,27,33)(H,29,30)/t14-,15+,17-,18+,19+,20+,21+/m0/s1. The van der Waals surface area contributed by atoms with E-state index in [4.69, 9.17) is 5.11 Å². The van der Waals surface area contributed by atoms with E-state index in [0.29, 0.717) is 25.8 Å². The van der Waals surface area contributed by atoms with Gasteiger partial charge in [0, 0.05) is 29.0 Å². The summed E-state index contributed by atoms with van der Waals surface area (Å²) >= 11 is 2.99. The van der Waals surface area contributed by atoms with Crippen LogP contribution in [0.3, 0.4) is 0 Å². The molecule has 2 aromatic rings. The molecule has 2 aliphatic carbocycles. The number of hydrogen-bond donors (Lipinski definition) is 2. The van der Waals surface area contributed by atoms with Crippen molar-refractivity contribution in [2.75, 3.05) is 6.54 Å². The fourth-order valence-electron chi connectivity index (χ4n) is 7.17. The summed E-state index contributed by atoms with van der Waals surface area (Å²) in [6.07, 6.45) is 2.90. The molecule has 2 N–H and O–H groups in total. The number of imide groups is 1. The molecule has 1 saturated heterocycles. The molecule has 4 aliphatic rings. The molecule has 3 fully saturated rings.